The first-order chi connectivity index (χ1) is 13.6. The molecule has 0 saturated heterocycles. The average molecular weight is 396 g/mol. The zero-order valence-electron chi connectivity index (χ0n) is 19.1. The zero-order valence-corrected chi connectivity index (χ0v) is 19.1. The van der Waals surface area contributed by atoms with Gasteiger partial charge in [-0.25, -0.2) is 0 Å². The van der Waals surface area contributed by atoms with Crippen molar-refractivity contribution < 1.29 is 9.59 Å². The fourth-order valence-corrected chi connectivity index (χ4v) is 3.71. The van der Waals surface area contributed by atoms with Gasteiger partial charge < -0.3 is 5.73 Å². The van der Waals surface area contributed by atoms with Gasteiger partial charge in [-0.3, -0.25) is 9.59 Å². The van der Waals surface area contributed by atoms with E-state index in [0.29, 0.717) is 12.8 Å². The predicted molar refractivity (Wildman–Crippen MR) is 122 cm³/mol. The van der Waals surface area contributed by atoms with Crippen LogP contribution in [0.2, 0.25) is 0 Å². The first-order valence-electron chi connectivity index (χ1n) is 12.4. The van der Waals surface area contributed by atoms with E-state index in [1.54, 1.807) is 0 Å². The van der Waals surface area contributed by atoms with Crippen LogP contribution in [0.4, 0.5) is 0 Å². The molecule has 2 N–H and O–H groups in total. The summed E-state index contributed by atoms with van der Waals surface area (Å²) < 4.78 is 0. The maximum absolute atomic E-state index is 12.1. The van der Waals surface area contributed by atoms with E-state index in [9.17, 15) is 9.59 Å². The Morgan fingerprint density at radius 3 is 1.04 bits per heavy atom. The Balaban J connectivity index is 3.52. The number of nitrogens with two attached hydrogens (primary N) is 1. The van der Waals surface area contributed by atoms with Crippen LogP contribution in [-0.2, 0) is 9.59 Å². The molecule has 0 aromatic heterocycles. The monoisotopic (exact) mass is 395 g/mol. The molecule has 166 valence electrons. The lowest BCUT2D eigenvalue weighted by Gasteiger charge is -2.10. The molecule has 28 heavy (non-hydrogen) atoms. The summed E-state index contributed by atoms with van der Waals surface area (Å²) in [6.45, 7) is 4.48. The molecule has 3 nitrogen and oxygen atoms in total. The molecule has 0 radical (unpaired) electrons. The highest BCUT2D eigenvalue weighted by Crippen LogP contribution is 2.13. The van der Waals surface area contributed by atoms with E-state index >= 15 is 0 Å². The van der Waals surface area contributed by atoms with Gasteiger partial charge in [0.25, 0.3) is 0 Å². The smallest absolute Gasteiger partial charge is 0.157 e. The van der Waals surface area contributed by atoms with Crippen LogP contribution in [0.25, 0.3) is 0 Å². The summed E-state index contributed by atoms with van der Waals surface area (Å²) in [6, 6.07) is -0.872. The van der Waals surface area contributed by atoms with Gasteiger partial charge in [0.2, 0.25) is 0 Å². The molecule has 0 aliphatic rings. The Labute approximate surface area is 175 Å². The van der Waals surface area contributed by atoms with Gasteiger partial charge in [-0.1, -0.05) is 117 Å². The molecule has 0 heterocycles. The lowest BCUT2D eigenvalue weighted by Crippen LogP contribution is -2.38. The van der Waals surface area contributed by atoms with Crippen molar-refractivity contribution in [3.05, 3.63) is 0 Å². The van der Waals surface area contributed by atoms with Crippen LogP contribution in [0.5, 0.6) is 0 Å². The topological polar surface area (TPSA) is 60.2 Å². The van der Waals surface area contributed by atoms with E-state index in [-0.39, 0.29) is 11.6 Å². The van der Waals surface area contributed by atoms with Crippen molar-refractivity contribution in [2.45, 2.75) is 148 Å². The van der Waals surface area contributed by atoms with E-state index in [4.69, 9.17) is 5.73 Å². The molecule has 0 amide bonds. The van der Waals surface area contributed by atoms with Gasteiger partial charge in [0.05, 0.1) is 0 Å². The standard InChI is InChI=1S/C25H49NO2/c1-3-5-7-9-11-13-15-17-19-21-23(27)25(26)24(28)22-20-18-16-14-12-10-8-6-4-2/h25H,3-22,26H2,1-2H3. The molecule has 0 aliphatic carbocycles. The second-order valence-corrected chi connectivity index (χ2v) is 8.57. The van der Waals surface area contributed by atoms with Crippen LogP contribution in [0.1, 0.15) is 142 Å². The lowest BCUT2D eigenvalue weighted by atomic mass is 9.98. The molecule has 0 unspecified atom stereocenters. The first-order valence-corrected chi connectivity index (χ1v) is 12.4. The maximum atomic E-state index is 12.1. The molecule has 0 atom stereocenters. The minimum atomic E-state index is -0.872. The second-order valence-electron chi connectivity index (χ2n) is 8.57. The highest BCUT2D eigenvalue weighted by molar-refractivity contribution is 6.06. The third-order valence-electron chi connectivity index (χ3n) is 5.75. The molecule has 0 spiro atoms. The minimum Gasteiger partial charge on any atom is -0.315 e. The van der Waals surface area contributed by atoms with Gasteiger partial charge in [0.1, 0.15) is 6.04 Å². The van der Waals surface area contributed by atoms with Gasteiger partial charge >= 0.3 is 0 Å². The van der Waals surface area contributed by atoms with Crippen LogP contribution < -0.4 is 5.73 Å². The van der Waals surface area contributed by atoms with Gasteiger partial charge in [-0.05, 0) is 12.8 Å². The highest BCUT2D eigenvalue weighted by atomic mass is 16.2. The molecular weight excluding hydrogens is 346 g/mol. The van der Waals surface area contributed by atoms with Crippen LogP contribution in [0, 0.1) is 0 Å². The van der Waals surface area contributed by atoms with Crippen molar-refractivity contribution in [3.8, 4) is 0 Å². The van der Waals surface area contributed by atoms with E-state index < -0.39 is 6.04 Å². The van der Waals surface area contributed by atoms with E-state index in [0.717, 1.165) is 25.7 Å². The van der Waals surface area contributed by atoms with Crippen molar-refractivity contribution in [3.63, 3.8) is 0 Å². The quantitative estimate of drug-likeness (QED) is 0.155. The Kier molecular flexibility index (Phi) is 20.5. The molecule has 3 heteroatoms. The lowest BCUT2D eigenvalue weighted by molar-refractivity contribution is -0.129. The number of ketones is 2. The number of hydrogen-bond donors (Lipinski definition) is 1. The molecule has 0 aromatic rings. The fourth-order valence-electron chi connectivity index (χ4n) is 3.71. The first kappa shape index (κ1) is 27.3. The number of unbranched alkanes of at least 4 members (excludes halogenated alkanes) is 16. The van der Waals surface area contributed by atoms with E-state index in [2.05, 4.69) is 13.8 Å². The fraction of sp³-hybridized carbons (Fsp3) is 0.920. The number of Topliss-reactive ketones (excluding diaryl/α,β-unsaturated/α-hetero) is 2. The third kappa shape index (κ3) is 17.4. The molecule has 0 aromatic carbocycles. The molecule has 0 fully saturated rings. The number of carbonyl (C=O) groups excluding carboxylic acids is 2. The predicted octanol–water partition coefficient (Wildman–Crippen LogP) is 7.29. The normalized spacial score (nSPS) is 11.3. The Morgan fingerprint density at radius 1 is 0.500 bits per heavy atom. The van der Waals surface area contributed by atoms with Crippen molar-refractivity contribution in [2.75, 3.05) is 0 Å². The Morgan fingerprint density at radius 2 is 0.750 bits per heavy atom. The third-order valence-corrected chi connectivity index (χ3v) is 5.75. The largest absolute Gasteiger partial charge is 0.315 e. The summed E-state index contributed by atoms with van der Waals surface area (Å²) in [4.78, 5) is 24.2. The van der Waals surface area contributed by atoms with Gasteiger partial charge in [0.15, 0.2) is 11.6 Å². The van der Waals surface area contributed by atoms with Crippen molar-refractivity contribution in [2.24, 2.45) is 5.73 Å². The van der Waals surface area contributed by atoms with Gasteiger partial charge in [-0.2, -0.15) is 0 Å². The summed E-state index contributed by atoms with van der Waals surface area (Å²) >= 11 is 0. The number of hydrogen-bond acceptors (Lipinski definition) is 3. The number of carbonyl (C=O) groups is 2. The summed E-state index contributed by atoms with van der Waals surface area (Å²) in [5.41, 5.74) is 5.88. The van der Waals surface area contributed by atoms with E-state index in [1.165, 1.54) is 89.9 Å². The Hall–Kier alpha value is -0.700. The highest BCUT2D eigenvalue weighted by Gasteiger charge is 2.20. The summed E-state index contributed by atoms with van der Waals surface area (Å²) in [6.07, 6.45) is 23.1. The van der Waals surface area contributed by atoms with Gasteiger partial charge in [0, 0.05) is 12.8 Å². The van der Waals surface area contributed by atoms with Crippen LogP contribution >= 0.6 is 0 Å². The maximum Gasteiger partial charge on any atom is 0.157 e. The SMILES string of the molecule is CCCCCCCCCCCC(=O)C(N)C(=O)CCCCCCCCCCC. The molecule has 0 rings (SSSR count). The van der Waals surface area contributed by atoms with Crippen molar-refractivity contribution >= 4 is 11.6 Å². The molecular formula is C25H49NO2. The molecule has 0 saturated carbocycles. The van der Waals surface area contributed by atoms with Gasteiger partial charge in [-0.15, -0.1) is 0 Å². The summed E-state index contributed by atoms with van der Waals surface area (Å²) in [7, 11) is 0. The average Bonchev–Trinajstić information content (AvgIpc) is 2.70. The second kappa shape index (κ2) is 21.0. The summed E-state index contributed by atoms with van der Waals surface area (Å²) in [5.74, 6) is -0.104. The molecule has 0 aliphatic heterocycles. The number of rotatable bonds is 22. The van der Waals surface area contributed by atoms with Crippen LogP contribution in [-0.4, -0.2) is 17.6 Å². The van der Waals surface area contributed by atoms with E-state index in [1.807, 2.05) is 0 Å². The van der Waals surface area contributed by atoms with Crippen molar-refractivity contribution in [1.82, 2.24) is 0 Å². The van der Waals surface area contributed by atoms with Crippen molar-refractivity contribution in [1.29, 1.82) is 0 Å². The van der Waals surface area contributed by atoms with Crippen LogP contribution in [0.3, 0.4) is 0 Å². The Bertz CT molecular complexity index is 334. The zero-order chi connectivity index (χ0) is 20.9. The summed E-state index contributed by atoms with van der Waals surface area (Å²) in [5, 5.41) is 0. The minimum absolute atomic E-state index is 0.0520. The molecule has 0 bridgehead atoms. The van der Waals surface area contributed by atoms with Crippen LogP contribution in [0.15, 0.2) is 0 Å².